The first-order valence-corrected chi connectivity index (χ1v) is 8.13. The first-order chi connectivity index (χ1) is 11.4. The molecule has 2 aromatic rings. The Hall–Kier alpha value is -2.41. The van der Waals surface area contributed by atoms with Gasteiger partial charge in [-0.2, -0.15) is 0 Å². The molecule has 0 aliphatic heterocycles. The number of pyridine rings is 1. The normalized spacial score (nSPS) is 11.5. The molecular weight excluding hydrogens is 374 g/mol. The van der Waals surface area contributed by atoms with Crippen LogP contribution in [0.15, 0.2) is 40.9 Å². The number of aromatic nitrogens is 1. The van der Waals surface area contributed by atoms with Crippen molar-refractivity contribution in [3.8, 4) is 5.75 Å². The highest BCUT2D eigenvalue weighted by molar-refractivity contribution is 9.10. The van der Waals surface area contributed by atoms with Crippen LogP contribution in [0, 0.1) is 13.8 Å². The summed E-state index contributed by atoms with van der Waals surface area (Å²) in [5.41, 5.74) is 6.55. The lowest BCUT2D eigenvalue weighted by molar-refractivity contribution is -0.128. The van der Waals surface area contributed by atoms with Gasteiger partial charge in [0, 0.05) is 10.2 Å². The number of halogens is 1. The topological polar surface area (TPSA) is 80.3 Å². The van der Waals surface area contributed by atoms with Crippen LogP contribution < -0.4 is 15.6 Å². The summed E-state index contributed by atoms with van der Waals surface area (Å²) in [5, 5.41) is 0. The van der Waals surface area contributed by atoms with E-state index < -0.39 is 17.9 Å². The molecule has 0 bridgehead atoms. The summed E-state index contributed by atoms with van der Waals surface area (Å²) >= 11 is 3.33. The van der Waals surface area contributed by atoms with E-state index in [4.69, 9.17) is 4.74 Å². The molecule has 0 spiro atoms. The number of rotatable bonds is 4. The van der Waals surface area contributed by atoms with E-state index in [1.165, 1.54) is 0 Å². The van der Waals surface area contributed by atoms with E-state index in [1.807, 2.05) is 13.0 Å². The van der Waals surface area contributed by atoms with Crippen LogP contribution in [0.3, 0.4) is 0 Å². The summed E-state index contributed by atoms with van der Waals surface area (Å²) < 4.78 is 6.38. The van der Waals surface area contributed by atoms with E-state index in [-0.39, 0.29) is 0 Å². The monoisotopic (exact) mass is 391 g/mol. The van der Waals surface area contributed by atoms with E-state index >= 15 is 0 Å². The number of hydrazine groups is 1. The van der Waals surface area contributed by atoms with Gasteiger partial charge in [0.15, 0.2) is 6.10 Å². The van der Waals surface area contributed by atoms with Gasteiger partial charge in [-0.1, -0.05) is 22.0 Å². The average Bonchev–Trinajstić information content (AvgIpc) is 2.52. The maximum atomic E-state index is 12.1. The molecule has 2 rings (SSSR count). The first kappa shape index (κ1) is 17.9. The minimum atomic E-state index is -0.767. The molecule has 6 nitrogen and oxygen atoms in total. The number of ether oxygens (including phenoxy) is 1. The van der Waals surface area contributed by atoms with Gasteiger partial charge >= 0.3 is 0 Å². The molecule has 1 unspecified atom stereocenters. The number of hydrogen-bond donors (Lipinski definition) is 2. The zero-order chi connectivity index (χ0) is 17.7. The highest BCUT2D eigenvalue weighted by Crippen LogP contribution is 2.18. The van der Waals surface area contributed by atoms with Crippen molar-refractivity contribution in [2.75, 3.05) is 0 Å². The fourth-order valence-electron chi connectivity index (χ4n) is 2.01. The molecule has 0 fully saturated rings. The van der Waals surface area contributed by atoms with Gasteiger partial charge in [0.05, 0.1) is 11.3 Å². The summed E-state index contributed by atoms with van der Waals surface area (Å²) in [4.78, 5) is 28.3. The van der Waals surface area contributed by atoms with E-state index in [1.54, 1.807) is 44.2 Å². The minimum Gasteiger partial charge on any atom is -0.481 e. The Bertz CT molecular complexity index is 764. The quantitative estimate of drug-likeness (QED) is 0.785. The van der Waals surface area contributed by atoms with E-state index in [0.29, 0.717) is 17.0 Å². The smallest absolute Gasteiger partial charge is 0.279 e. The molecule has 0 saturated carbocycles. The summed E-state index contributed by atoms with van der Waals surface area (Å²) in [6.45, 7) is 5.18. The Labute approximate surface area is 148 Å². The SMILES string of the molecule is Cc1ccc(C(=O)NNC(=O)C(C)Oc2cccc(Br)c2)c(C)n1. The van der Waals surface area contributed by atoms with Gasteiger partial charge in [0.1, 0.15) is 5.75 Å². The molecule has 0 aliphatic rings. The van der Waals surface area contributed by atoms with Crippen LogP contribution in [0.5, 0.6) is 5.75 Å². The third-order valence-corrected chi connectivity index (χ3v) is 3.74. The van der Waals surface area contributed by atoms with E-state index in [0.717, 1.165) is 10.2 Å². The molecule has 24 heavy (non-hydrogen) atoms. The lowest BCUT2D eigenvalue weighted by atomic mass is 10.2. The van der Waals surface area contributed by atoms with Crippen molar-refractivity contribution in [3.63, 3.8) is 0 Å². The molecule has 7 heteroatoms. The third-order valence-electron chi connectivity index (χ3n) is 3.25. The fourth-order valence-corrected chi connectivity index (χ4v) is 2.39. The zero-order valence-electron chi connectivity index (χ0n) is 13.6. The number of amides is 2. The Balaban J connectivity index is 1.91. The number of aryl methyl sites for hydroxylation is 2. The number of nitrogens with one attached hydrogen (secondary N) is 2. The number of carbonyl (C=O) groups is 2. The standard InChI is InChI=1S/C17H18BrN3O3/c1-10-7-8-15(11(2)19-10)17(23)21-20-16(22)12(3)24-14-6-4-5-13(18)9-14/h4-9,12H,1-3H3,(H,20,22)(H,21,23). The summed E-state index contributed by atoms with van der Waals surface area (Å²) in [7, 11) is 0. The van der Waals surface area contributed by atoms with Gasteiger partial charge in [0.2, 0.25) is 0 Å². The van der Waals surface area contributed by atoms with Crippen molar-refractivity contribution in [1.29, 1.82) is 0 Å². The van der Waals surface area contributed by atoms with Crippen LogP contribution in [0.4, 0.5) is 0 Å². The van der Waals surface area contributed by atoms with Crippen LogP contribution in [0.2, 0.25) is 0 Å². The molecule has 1 atom stereocenters. The highest BCUT2D eigenvalue weighted by atomic mass is 79.9. The van der Waals surface area contributed by atoms with Crippen LogP contribution in [0.25, 0.3) is 0 Å². The van der Waals surface area contributed by atoms with Gasteiger partial charge in [-0.15, -0.1) is 0 Å². The zero-order valence-corrected chi connectivity index (χ0v) is 15.2. The second kappa shape index (κ2) is 7.92. The summed E-state index contributed by atoms with van der Waals surface area (Å²) in [6, 6.07) is 10.6. The minimum absolute atomic E-state index is 0.404. The van der Waals surface area contributed by atoms with Gasteiger partial charge in [-0.05, 0) is 51.1 Å². The molecular formula is C17H18BrN3O3. The number of nitrogens with zero attached hydrogens (tertiary/aromatic N) is 1. The van der Waals surface area contributed by atoms with Crippen molar-refractivity contribution < 1.29 is 14.3 Å². The Morgan fingerprint density at radius 2 is 1.92 bits per heavy atom. The molecule has 2 amide bonds. The number of benzene rings is 1. The maximum absolute atomic E-state index is 12.1. The predicted octanol–water partition coefficient (Wildman–Crippen LogP) is 2.69. The Morgan fingerprint density at radius 1 is 1.17 bits per heavy atom. The first-order valence-electron chi connectivity index (χ1n) is 7.33. The van der Waals surface area contributed by atoms with Crippen molar-refractivity contribution in [2.45, 2.75) is 26.9 Å². The average molecular weight is 392 g/mol. The van der Waals surface area contributed by atoms with Gasteiger partial charge in [-0.3, -0.25) is 25.4 Å². The largest absolute Gasteiger partial charge is 0.481 e. The van der Waals surface area contributed by atoms with E-state index in [9.17, 15) is 9.59 Å². The summed E-state index contributed by atoms with van der Waals surface area (Å²) in [5.74, 6) is -0.332. The van der Waals surface area contributed by atoms with Crippen LogP contribution in [0.1, 0.15) is 28.7 Å². The highest BCUT2D eigenvalue weighted by Gasteiger charge is 2.17. The summed E-state index contributed by atoms with van der Waals surface area (Å²) in [6.07, 6.45) is -0.767. The Kier molecular flexibility index (Phi) is 5.92. The van der Waals surface area contributed by atoms with Gasteiger partial charge in [-0.25, -0.2) is 0 Å². The lowest BCUT2D eigenvalue weighted by Gasteiger charge is -2.15. The predicted molar refractivity (Wildman–Crippen MR) is 93.6 cm³/mol. The van der Waals surface area contributed by atoms with Crippen LogP contribution >= 0.6 is 15.9 Å². The molecule has 1 aromatic heterocycles. The van der Waals surface area contributed by atoms with E-state index in [2.05, 4.69) is 31.8 Å². The van der Waals surface area contributed by atoms with Gasteiger partial charge < -0.3 is 4.74 Å². The second-order valence-electron chi connectivity index (χ2n) is 5.25. The maximum Gasteiger partial charge on any atom is 0.279 e. The molecule has 1 aromatic carbocycles. The van der Waals surface area contributed by atoms with Crippen LogP contribution in [-0.2, 0) is 4.79 Å². The van der Waals surface area contributed by atoms with Crippen LogP contribution in [-0.4, -0.2) is 22.9 Å². The third kappa shape index (κ3) is 4.79. The number of hydrogen-bond acceptors (Lipinski definition) is 4. The van der Waals surface area contributed by atoms with Gasteiger partial charge in [0.25, 0.3) is 11.8 Å². The molecule has 126 valence electrons. The molecule has 0 aliphatic carbocycles. The second-order valence-corrected chi connectivity index (χ2v) is 6.16. The lowest BCUT2D eigenvalue weighted by Crippen LogP contribution is -2.47. The van der Waals surface area contributed by atoms with Crippen molar-refractivity contribution in [1.82, 2.24) is 15.8 Å². The molecule has 2 N–H and O–H groups in total. The molecule has 0 radical (unpaired) electrons. The van der Waals surface area contributed by atoms with Crippen molar-refractivity contribution in [2.24, 2.45) is 0 Å². The van der Waals surface area contributed by atoms with Crippen molar-refractivity contribution in [3.05, 3.63) is 57.8 Å². The molecule has 1 heterocycles. The number of carbonyl (C=O) groups excluding carboxylic acids is 2. The Morgan fingerprint density at radius 3 is 2.58 bits per heavy atom. The molecule has 0 saturated heterocycles. The fraction of sp³-hybridized carbons (Fsp3) is 0.235. The van der Waals surface area contributed by atoms with Crippen molar-refractivity contribution >= 4 is 27.7 Å².